The molecule has 0 aliphatic carbocycles. The zero-order valence-corrected chi connectivity index (χ0v) is 6.19. The predicted molar refractivity (Wildman–Crippen MR) is 39.2 cm³/mol. The van der Waals surface area contributed by atoms with Crippen LogP contribution in [0.4, 0.5) is 0 Å². The van der Waals surface area contributed by atoms with E-state index in [1.165, 1.54) is 0 Å². The first-order chi connectivity index (χ1) is 4.47. The molecular weight excluding hydrogens is 152 g/mol. The standard InChI is InChI=1S/C5H8N4.ClH/c1-4(2-6-1)5-7-3-8-9-5;/h3-4,6H,1-2H2,(H,7,8,9);1H. The van der Waals surface area contributed by atoms with Gasteiger partial charge in [-0.25, -0.2) is 4.98 Å². The monoisotopic (exact) mass is 160 g/mol. The number of hydrogen-bond acceptors (Lipinski definition) is 3. The summed E-state index contributed by atoms with van der Waals surface area (Å²) in [6, 6.07) is 0. The van der Waals surface area contributed by atoms with Crippen LogP contribution in [0.15, 0.2) is 6.33 Å². The fourth-order valence-corrected chi connectivity index (χ4v) is 0.894. The summed E-state index contributed by atoms with van der Waals surface area (Å²) < 4.78 is 0. The first-order valence-electron chi connectivity index (χ1n) is 3.03. The van der Waals surface area contributed by atoms with Crippen LogP contribution in [0.25, 0.3) is 0 Å². The summed E-state index contributed by atoms with van der Waals surface area (Å²) >= 11 is 0. The van der Waals surface area contributed by atoms with E-state index < -0.39 is 0 Å². The summed E-state index contributed by atoms with van der Waals surface area (Å²) in [5, 5.41) is 9.76. The average molecular weight is 161 g/mol. The molecule has 10 heavy (non-hydrogen) atoms. The number of rotatable bonds is 1. The lowest BCUT2D eigenvalue weighted by Crippen LogP contribution is -2.40. The third kappa shape index (κ3) is 1.12. The van der Waals surface area contributed by atoms with Crippen LogP contribution in [-0.2, 0) is 0 Å². The number of H-pyrrole nitrogens is 1. The quantitative estimate of drug-likeness (QED) is 0.604. The van der Waals surface area contributed by atoms with Crippen LogP contribution in [0.3, 0.4) is 0 Å². The van der Waals surface area contributed by atoms with Crippen LogP contribution in [0.5, 0.6) is 0 Å². The molecule has 0 amide bonds. The third-order valence-electron chi connectivity index (χ3n) is 1.60. The summed E-state index contributed by atoms with van der Waals surface area (Å²) in [5.74, 6) is 1.58. The van der Waals surface area contributed by atoms with Crippen molar-refractivity contribution in [1.29, 1.82) is 0 Å². The number of aromatic amines is 1. The molecule has 0 bridgehead atoms. The average Bonchev–Trinajstić information content (AvgIpc) is 2.11. The van der Waals surface area contributed by atoms with Crippen molar-refractivity contribution >= 4 is 12.4 Å². The number of nitrogens with zero attached hydrogens (tertiary/aromatic N) is 2. The van der Waals surface area contributed by atoms with E-state index in [0.29, 0.717) is 5.92 Å². The van der Waals surface area contributed by atoms with Gasteiger partial charge in [0.15, 0.2) is 0 Å². The lowest BCUT2D eigenvalue weighted by Gasteiger charge is -2.24. The summed E-state index contributed by atoms with van der Waals surface area (Å²) in [6.45, 7) is 2.07. The van der Waals surface area contributed by atoms with Crippen molar-refractivity contribution in [2.75, 3.05) is 13.1 Å². The Kier molecular flexibility index (Phi) is 2.24. The normalized spacial score (nSPS) is 17.6. The van der Waals surface area contributed by atoms with E-state index in [2.05, 4.69) is 20.5 Å². The van der Waals surface area contributed by atoms with Crippen LogP contribution in [0.2, 0.25) is 0 Å². The Balaban J connectivity index is 0.000000500. The SMILES string of the molecule is Cl.c1n[nH]c(C2CNC2)n1. The van der Waals surface area contributed by atoms with E-state index >= 15 is 0 Å². The van der Waals surface area contributed by atoms with Crippen molar-refractivity contribution in [3.8, 4) is 0 Å². The zero-order chi connectivity index (χ0) is 6.10. The van der Waals surface area contributed by atoms with Crippen LogP contribution in [0.1, 0.15) is 11.7 Å². The predicted octanol–water partition coefficient (Wildman–Crippen LogP) is -0.0867. The lowest BCUT2D eigenvalue weighted by molar-refractivity contribution is 0.431. The Morgan fingerprint density at radius 1 is 1.50 bits per heavy atom. The molecule has 1 saturated heterocycles. The van der Waals surface area contributed by atoms with Crippen molar-refractivity contribution in [1.82, 2.24) is 20.5 Å². The highest BCUT2D eigenvalue weighted by Gasteiger charge is 2.20. The Labute approximate surface area is 64.8 Å². The molecule has 1 aromatic rings. The Bertz CT molecular complexity index is 182. The molecule has 1 fully saturated rings. The van der Waals surface area contributed by atoms with Crippen molar-refractivity contribution in [2.24, 2.45) is 0 Å². The van der Waals surface area contributed by atoms with Gasteiger partial charge >= 0.3 is 0 Å². The summed E-state index contributed by atoms with van der Waals surface area (Å²) in [4.78, 5) is 4.03. The molecule has 1 aliphatic heterocycles. The highest BCUT2D eigenvalue weighted by molar-refractivity contribution is 5.85. The number of hydrogen-bond donors (Lipinski definition) is 2. The molecule has 4 nitrogen and oxygen atoms in total. The van der Waals surface area contributed by atoms with Gasteiger partial charge in [-0.05, 0) is 0 Å². The molecule has 5 heteroatoms. The molecule has 0 atom stereocenters. The van der Waals surface area contributed by atoms with Gasteiger partial charge in [-0.3, -0.25) is 5.10 Å². The Morgan fingerprint density at radius 2 is 2.30 bits per heavy atom. The maximum atomic E-state index is 4.03. The van der Waals surface area contributed by atoms with Gasteiger partial charge in [0.1, 0.15) is 12.2 Å². The van der Waals surface area contributed by atoms with Gasteiger partial charge in [-0.2, -0.15) is 5.10 Å². The minimum Gasteiger partial charge on any atom is -0.315 e. The minimum atomic E-state index is 0. The first-order valence-corrected chi connectivity index (χ1v) is 3.03. The number of aromatic nitrogens is 3. The lowest BCUT2D eigenvalue weighted by atomic mass is 10.0. The maximum Gasteiger partial charge on any atom is 0.137 e. The molecular formula is C5H9ClN4. The molecule has 0 spiro atoms. The topological polar surface area (TPSA) is 53.6 Å². The molecule has 2 rings (SSSR count). The summed E-state index contributed by atoms with van der Waals surface area (Å²) in [6.07, 6.45) is 1.55. The summed E-state index contributed by atoms with van der Waals surface area (Å²) in [7, 11) is 0. The molecule has 2 N–H and O–H groups in total. The van der Waals surface area contributed by atoms with Crippen molar-refractivity contribution in [3.05, 3.63) is 12.2 Å². The molecule has 0 aromatic carbocycles. The first kappa shape index (κ1) is 7.50. The van der Waals surface area contributed by atoms with Gasteiger partial charge in [0.05, 0.1) is 0 Å². The fraction of sp³-hybridized carbons (Fsp3) is 0.600. The summed E-state index contributed by atoms with van der Waals surface area (Å²) in [5.41, 5.74) is 0. The van der Waals surface area contributed by atoms with Crippen LogP contribution in [-0.4, -0.2) is 28.3 Å². The van der Waals surface area contributed by atoms with Gasteiger partial charge in [-0.15, -0.1) is 12.4 Å². The Hall–Kier alpha value is -0.610. The second-order valence-electron chi connectivity index (χ2n) is 2.23. The van der Waals surface area contributed by atoms with E-state index in [4.69, 9.17) is 0 Å². The molecule has 0 unspecified atom stereocenters. The van der Waals surface area contributed by atoms with Crippen molar-refractivity contribution < 1.29 is 0 Å². The van der Waals surface area contributed by atoms with E-state index in [0.717, 1.165) is 18.9 Å². The largest absolute Gasteiger partial charge is 0.315 e. The molecule has 1 aromatic heterocycles. The van der Waals surface area contributed by atoms with Gasteiger partial charge in [0, 0.05) is 19.0 Å². The number of halogens is 1. The number of nitrogens with one attached hydrogen (secondary N) is 2. The second-order valence-corrected chi connectivity index (χ2v) is 2.23. The Morgan fingerprint density at radius 3 is 2.70 bits per heavy atom. The van der Waals surface area contributed by atoms with Crippen molar-refractivity contribution in [2.45, 2.75) is 5.92 Å². The van der Waals surface area contributed by atoms with E-state index in [9.17, 15) is 0 Å². The van der Waals surface area contributed by atoms with Gasteiger partial charge in [-0.1, -0.05) is 0 Å². The van der Waals surface area contributed by atoms with Gasteiger partial charge < -0.3 is 5.32 Å². The molecule has 0 radical (unpaired) electrons. The highest BCUT2D eigenvalue weighted by atomic mass is 35.5. The molecule has 0 saturated carbocycles. The molecule has 1 aliphatic rings. The van der Waals surface area contributed by atoms with Gasteiger partial charge in [0.25, 0.3) is 0 Å². The van der Waals surface area contributed by atoms with Crippen LogP contribution in [0, 0.1) is 0 Å². The van der Waals surface area contributed by atoms with Gasteiger partial charge in [0.2, 0.25) is 0 Å². The molecule has 56 valence electrons. The fourth-order valence-electron chi connectivity index (χ4n) is 0.894. The smallest absolute Gasteiger partial charge is 0.137 e. The van der Waals surface area contributed by atoms with E-state index in [1.54, 1.807) is 6.33 Å². The van der Waals surface area contributed by atoms with E-state index in [-0.39, 0.29) is 12.4 Å². The minimum absolute atomic E-state index is 0. The maximum absolute atomic E-state index is 4.03. The zero-order valence-electron chi connectivity index (χ0n) is 5.37. The highest BCUT2D eigenvalue weighted by Crippen LogP contribution is 2.13. The van der Waals surface area contributed by atoms with Crippen LogP contribution >= 0.6 is 12.4 Å². The van der Waals surface area contributed by atoms with E-state index in [1.807, 2.05) is 0 Å². The molecule has 2 heterocycles. The third-order valence-corrected chi connectivity index (χ3v) is 1.60. The van der Waals surface area contributed by atoms with Crippen LogP contribution < -0.4 is 5.32 Å². The second kappa shape index (κ2) is 2.98. The van der Waals surface area contributed by atoms with Crippen molar-refractivity contribution in [3.63, 3.8) is 0 Å².